The number of nitrogens with two attached hydrogens (primary N) is 1. The van der Waals surface area contributed by atoms with Crippen LogP contribution in [0.2, 0.25) is 0 Å². The Morgan fingerprint density at radius 1 is 1.05 bits per heavy atom. The van der Waals surface area contributed by atoms with Gasteiger partial charge in [-0.15, -0.1) is 0 Å². The fourth-order valence-electron chi connectivity index (χ4n) is 1.96. The smallest absolute Gasteiger partial charge is 0.237 e. The quantitative estimate of drug-likeness (QED) is 0.857. The summed E-state index contributed by atoms with van der Waals surface area (Å²) in [7, 11) is -1.23. The van der Waals surface area contributed by atoms with Gasteiger partial charge in [-0.3, -0.25) is 9.00 Å². The van der Waals surface area contributed by atoms with E-state index in [0.29, 0.717) is 18.0 Å². The normalized spacial score (nSPS) is 11.9. The van der Waals surface area contributed by atoms with Gasteiger partial charge in [0.15, 0.2) is 0 Å². The molecule has 5 heteroatoms. The standard InChI is InChI=1S/C16H18N2O2S/c17-10-14-8-4-5-9-15(14)18-16(19)12-21(20)11-13-6-2-1-3-7-13/h1-9H,10-12,17H2,(H,18,19). The van der Waals surface area contributed by atoms with E-state index in [1.54, 1.807) is 6.07 Å². The number of rotatable bonds is 6. The van der Waals surface area contributed by atoms with Crippen LogP contribution in [0.15, 0.2) is 54.6 Å². The molecule has 2 aromatic carbocycles. The van der Waals surface area contributed by atoms with Gasteiger partial charge >= 0.3 is 0 Å². The predicted molar refractivity (Wildman–Crippen MR) is 86.1 cm³/mol. The minimum Gasteiger partial charge on any atom is -0.326 e. The second-order valence-electron chi connectivity index (χ2n) is 4.62. The van der Waals surface area contributed by atoms with Crippen LogP contribution in [-0.2, 0) is 27.9 Å². The highest BCUT2D eigenvalue weighted by molar-refractivity contribution is 7.84. The first-order valence-electron chi connectivity index (χ1n) is 6.66. The molecule has 0 heterocycles. The van der Waals surface area contributed by atoms with E-state index < -0.39 is 10.8 Å². The van der Waals surface area contributed by atoms with E-state index in [2.05, 4.69) is 5.32 Å². The van der Waals surface area contributed by atoms with Crippen molar-refractivity contribution in [1.29, 1.82) is 0 Å². The topological polar surface area (TPSA) is 72.2 Å². The zero-order valence-corrected chi connectivity index (χ0v) is 12.4. The van der Waals surface area contributed by atoms with Gasteiger partial charge < -0.3 is 11.1 Å². The average Bonchev–Trinajstić information content (AvgIpc) is 2.48. The van der Waals surface area contributed by atoms with Crippen LogP contribution in [0.5, 0.6) is 0 Å². The maximum Gasteiger partial charge on any atom is 0.237 e. The highest BCUT2D eigenvalue weighted by Gasteiger charge is 2.10. The van der Waals surface area contributed by atoms with Crippen LogP contribution >= 0.6 is 0 Å². The van der Waals surface area contributed by atoms with Crippen LogP contribution in [0.4, 0.5) is 5.69 Å². The number of carbonyl (C=O) groups excluding carboxylic acids is 1. The molecule has 4 nitrogen and oxygen atoms in total. The molecule has 110 valence electrons. The summed E-state index contributed by atoms with van der Waals surface area (Å²) in [6.45, 7) is 0.351. The third kappa shape index (κ3) is 4.81. The molecule has 3 N–H and O–H groups in total. The number of nitrogens with one attached hydrogen (secondary N) is 1. The third-order valence-electron chi connectivity index (χ3n) is 2.97. The minimum atomic E-state index is -1.23. The molecule has 21 heavy (non-hydrogen) atoms. The van der Waals surface area contributed by atoms with Crippen LogP contribution < -0.4 is 11.1 Å². The van der Waals surface area contributed by atoms with Crippen molar-refractivity contribution in [3.05, 3.63) is 65.7 Å². The lowest BCUT2D eigenvalue weighted by molar-refractivity contribution is -0.113. The summed E-state index contributed by atoms with van der Waals surface area (Å²) in [6, 6.07) is 16.8. The van der Waals surface area contributed by atoms with Gasteiger partial charge in [-0.2, -0.15) is 0 Å². The molecular weight excluding hydrogens is 284 g/mol. The van der Waals surface area contributed by atoms with E-state index in [4.69, 9.17) is 5.73 Å². The molecule has 0 spiro atoms. The zero-order chi connectivity index (χ0) is 15.1. The molecule has 1 amide bonds. The summed E-state index contributed by atoms with van der Waals surface area (Å²) in [6.07, 6.45) is 0. The second kappa shape index (κ2) is 7.71. The van der Waals surface area contributed by atoms with Crippen molar-refractivity contribution in [2.75, 3.05) is 11.1 Å². The molecule has 2 rings (SSSR count). The van der Waals surface area contributed by atoms with Crippen molar-refractivity contribution in [3.8, 4) is 0 Å². The van der Waals surface area contributed by atoms with Crippen molar-refractivity contribution < 1.29 is 9.00 Å². The molecule has 0 aromatic heterocycles. The molecular formula is C16H18N2O2S. The van der Waals surface area contributed by atoms with Crippen molar-refractivity contribution in [2.24, 2.45) is 5.73 Å². The fraction of sp³-hybridized carbons (Fsp3) is 0.188. The SMILES string of the molecule is NCc1ccccc1NC(=O)CS(=O)Cc1ccccc1. The van der Waals surface area contributed by atoms with Crippen LogP contribution in [0.3, 0.4) is 0 Å². The second-order valence-corrected chi connectivity index (χ2v) is 6.08. The van der Waals surface area contributed by atoms with Crippen LogP contribution in [0.25, 0.3) is 0 Å². The molecule has 1 unspecified atom stereocenters. The van der Waals surface area contributed by atoms with E-state index in [-0.39, 0.29) is 11.7 Å². The van der Waals surface area contributed by atoms with Crippen LogP contribution in [0, 0.1) is 0 Å². The van der Waals surface area contributed by atoms with Gasteiger partial charge in [-0.05, 0) is 17.2 Å². The largest absolute Gasteiger partial charge is 0.326 e. The van der Waals surface area contributed by atoms with Crippen LogP contribution in [-0.4, -0.2) is 15.9 Å². The van der Waals surface area contributed by atoms with Gasteiger partial charge in [0, 0.05) is 28.8 Å². The van der Waals surface area contributed by atoms with Crippen LogP contribution in [0.1, 0.15) is 11.1 Å². The van der Waals surface area contributed by atoms with Gasteiger partial charge in [-0.25, -0.2) is 0 Å². The Bertz CT molecular complexity index is 629. The molecule has 2 aromatic rings. The number of benzene rings is 2. The molecule has 1 atom stereocenters. The summed E-state index contributed by atoms with van der Waals surface area (Å²) in [4.78, 5) is 11.9. The van der Waals surface area contributed by atoms with Gasteiger partial charge in [0.25, 0.3) is 0 Å². The summed E-state index contributed by atoms with van der Waals surface area (Å²) in [5.41, 5.74) is 8.13. The summed E-state index contributed by atoms with van der Waals surface area (Å²) < 4.78 is 12.0. The molecule has 0 bridgehead atoms. The maximum absolute atomic E-state index is 12.0. The minimum absolute atomic E-state index is 0.0200. The van der Waals surface area contributed by atoms with E-state index >= 15 is 0 Å². The van der Waals surface area contributed by atoms with Crippen molar-refractivity contribution >= 4 is 22.4 Å². The summed E-state index contributed by atoms with van der Waals surface area (Å²) >= 11 is 0. The molecule has 0 saturated carbocycles. The highest BCUT2D eigenvalue weighted by atomic mass is 32.2. The molecule has 0 aliphatic heterocycles. The Balaban J connectivity index is 1.91. The number of para-hydroxylation sites is 1. The number of hydrogen-bond acceptors (Lipinski definition) is 3. The Morgan fingerprint density at radius 2 is 1.71 bits per heavy atom. The Kier molecular flexibility index (Phi) is 5.66. The highest BCUT2D eigenvalue weighted by Crippen LogP contribution is 2.14. The van der Waals surface area contributed by atoms with E-state index in [9.17, 15) is 9.00 Å². The van der Waals surface area contributed by atoms with Crippen molar-refractivity contribution in [3.63, 3.8) is 0 Å². The van der Waals surface area contributed by atoms with Gasteiger partial charge in [0.05, 0.1) is 0 Å². The molecule has 0 aliphatic rings. The lowest BCUT2D eigenvalue weighted by atomic mass is 10.2. The molecule has 0 fully saturated rings. The Labute approximate surface area is 126 Å². The van der Waals surface area contributed by atoms with E-state index in [1.165, 1.54) is 0 Å². The van der Waals surface area contributed by atoms with Gasteiger partial charge in [0.2, 0.25) is 5.91 Å². The lowest BCUT2D eigenvalue weighted by Crippen LogP contribution is -2.21. The van der Waals surface area contributed by atoms with Crippen molar-refractivity contribution in [2.45, 2.75) is 12.3 Å². The first-order valence-corrected chi connectivity index (χ1v) is 8.14. The molecule has 0 aliphatic carbocycles. The lowest BCUT2D eigenvalue weighted by Gasteiger charge is -2.09. The molecule has 0 radical (unpaired) electrons. The number of anilines is 1. The number of amides is 1. The summed E-state index contributed by atoms with van der Waals surface area (Å²) in [5, 5.41) is 2.77. The van der Waals surface area contributed by atoms with Crippen molar-refractivity contribution in [1.82, 2.24) is 0 Å². The number of carbonyl (C=O) groups is 1. The Morgan fingerprint density at radius 3 is 2.43 bits per heavy atom. The third-order valence-corrected chi connectivity index (χ3v) is 4.21. The van der Waals surface area contributed by atoms with Gasteiger partial charge in [-0.1, -0.05) is 48.5 Å². The predicted octanol–water partition coefficient (Wildman–Crippen LogP) is 2.03. The number of hydrogen-bond donors (Lipinski definition) is 2. The fourth-order valence-corrected chi connectivity index (χ4v) is 2.99. The zero-order valence-electron chi connectivity index (χ0n) is 11.6. The van der Waals surface area contributed by atoms with Gasteiger partial charge in [0.1, 0.15) is 5.75 Å². The van der Waals surface area contributed by atoms with E-state index in [1.807, 2.05) is 48.5 Å². The van der Waals surface area contributed by atoms with E-state index in [0.717, 1.165) is 11.1 Å². The Hall–Kier alpha value is -1.98. The monoisotopic (exact) mass is 302 g/mol. The first kappa shape index (κ1) is 15.4. The summed E-state index contributed by atoms with van der Waals surface area (Å²) in [5.74, 6) is 0.103. The maximum atomic E-state index is 12.0. The first-order chi connectivity index (χ1) is 10.2. The molecule has 0 saturated heterocycles. The average molecular weight is 302 g/mol.